The molecular weight excluding hydrogens is 326 g/mol. The highest BCUT2D eigenvalue weighted by atomic mass is 32.1. The molecule has 4 rings (SSSR count). The third-order valence-corrected chi connectivity index (χ3v) is 5.45. The Hall–Kier alpha value is -2.35. The Morgan fingerprint density at radius 3 is 2.62 bits per heavy atom. The highest BCUT2D eigenvalue weighted by Gasteiger charge is 2.49. The molecular formula is C16H17N5O2S. The maximum atomic E-state index is 12.3. The van der Waals surface area contributed by atoms with Crippen molar-refractivity contribution in [1.82, 2.24) is 25.0 Å². The van der Waals surface area contributed by atoms with E-state index in [0.717, 1.165) is 17.8 Å². The molecule has 0 radical (unpaired) electrons. The molecule has 0 unspecified atom stereocenters. The van der Waals surface area contributed by atoms with Gasteiger partial charge in [0.1, 0.15) is 10.7 Å². The van der Waals surface area contributed by atoms with E-state index in [1.807, 2.05) is 24.4 Å². The minimum absolute atomic E-state index is 0.103. The van der Waals surface area contributed by atoms with E-state index in [0.29, 0.717) is 31.0 Å². The van der Waals surface area contributed by atoms with Gasteiger partial charge in [0.2, 0.25) is 0 Å². The molecule has 2 aromatic heterocycles. The van der Waals surface area contributed by atoms with Crippen molar-refractivity contribution in [3.63, 3.8) is 0 Å². The van der Waals surface area contributed by atoms with Crippen LogP contribution in [0.2, 0.25) is 0 Å². The second-order valence-corrected chi connectivity index (χ2v) is 7.32. The van der Waals surface area contributed by atoms with Crippen molar-refractivity contribution in [2.45, 2.75) is 31.8 Å². The minimum atomic E-state index is -0.444. The van der Waals surface area contributed by atoms with Gasteiger partial charge in [0.25, 0.3) is 0 Å². The topological polar surface area (TPSA) is 79.3 Å². The first kappa shape index (κ1) is 15.2. The SMILES string of the molecule is CC1(N2CCN(Cc3ccc(-c4nccs4)nn3)C(=O)C2=O)CC1. The average Bonchev–Trinajstić information content (AvgIpc) is 3.11. The Kier molecular flexibility index (Phi) is 3.56. The van der Waals surface area contributed by atoms with Crippen molar-refractivity contribution in [1.29, 1.82) is 0 Å². The number of amides is 2. The fraction of sp³-hybridized carbons (Fsp3) is 0.438. The normalized spacial score (nSPS) is 19.7. The first-order chi connectivity index (χ1) is 11.6. The maximum absolute atomic E-state index is 12.3. The van der Waals surface area contributed by atoms with Crippen molar-refractivity contribution in [3.8, 4) is 10.7 Å². The first-order valence-electron chi connectivity index (χ1n) is 7.90. The largest absolute Gasteiger partial charge is 0.327 e. The fourth-order valence-corrected chi connectivity index (χ4v) is 3.50. The Balaban J connectivity index is 1.44. The molecule has 3 heterocycles. The van der Waals surface area contributed by atoms with Crippen LogP contribution in [0, 0.1) is 0 Å². The van der Waals surface area contributed by atoms with Gasteiger partial charge in [0.05, 0.1) is 12.2 Å². The third-order valence-electron chi connectivity index (χ3n) is 4.66. The number of hydrogen-bond donors (Lipinski definition) is 0. The van der Waals surface area contributed by atoms with E-state index in [1.54, 1.807) is 16.0 Å². The van der Waals surface area contributed by atoms with Gasteiger partial charge in [-0.05, 0) is 31.9 Å². The smallest absolute Gasteiger partial charge is 0.312 e. The number of nitrogens with zero attached hydrogens (tertiary/aromatic N) is 5. The second kappa shape index (κ2) is 5.62. The lowest BCUT2D eigenvalue weighted by Gasteiger charge is -2.37. The summed E-state index contributed by atoms with van der Waals surface area (Å²) in [7, 11) is 0. The standard InChI is InChI=1S/C16H17N5O2S/c1-16(4-5-16)21-8-7-20(14(22)15(21)23)10-11-2-3-12(19-18-11)13-17-6-9-24-13/h2-3,6,9H,4-5,7-8,10H2,1H3. The molecule has 0 atom stereocenters. The van der Waals surface area contributed by atoms with E-state index in [1.165, 1.54) is 11.3 Å². The van der Waals surface area contributed by atoms with Gasteiger partial charge in [-0.15, -0.1) is 16.4 Å². The van der Waals surface area contributed by atoms with E-state index < -0.39 is 11.8 Å². The molecule has 124 valence electrons. The van der Waals surface area contributed by atoms with E-state index in [2.05, 4.69) is 15.2 Å². The van der Waals surface area contributed by atoms with Crippen LogP contribution in [0.15, 0.2) is 23.7 Å². The Labute approximate surface area is 143 Å². The van der Waals surface area contributed by atoms with Gasteiger partial charge in [-0.25, -0.2) is 4.98 Å². The Morgan fingerprint density at radius 2 is 2.00 bits per heavy atom. The van der Waals surface area contributed by atoms with Gasteiger partial charge in [-0.1, -0.05) is 0 Å². The molecule has 2 aromatic rings. The van der Waals surface area contributed by atoms with Gasteiger partial charge >= 0.3 is 11.8 Å². The zero-order chi connectivity index (χ0) is 16.7. The molecule has 0 N–H and O–H groups in total. The van der Waals surface area contributed by atoms with Crippen molar-refractivity contribution in [2.75, 3.05) is 13.1 Å². The minimum Gasteiger partial charge on any atom is -0.327 e. The molecule has 1 saturated carbocycles. The molecule has 0 aromatic carbocycles. The summed E-state index contributed by atoms with van der Waals surface area (Å²) in [4.78, 5) is 32.1. The maximum Gasteiger partial charge on any atom is 0.312 e. The molecule has 7 nitrogen and oxygen atoms in total. The zero-order valence-corrected chi connectivity index (χ0v) is 14.1. The van der Waals surface area contributed by atoms with Crippen LogP contribution in [-0.4, -0.2) is 55.4 Å². The summed E-state index contributed by atoms with van der Waals surface area (Å²) in [6.45, 7) is 3.47. The van der Waals surface area contributed by atoms with Gasteiger partial charge in [-0.2, -0.15) is 5.10 Å². The first-order valence-corrected chi connectivity index (χ1v) is 8.78. The predicted octanol–water partition coefficient (Wildman–Crippen LogP) is 1.32. The molecule has 2 fully saturated rings. The fourth-order valence-electron chi connectivity index (χ4n) is 2.90. The molecule has 2 amide bonds. The van der Waals surface area contributed by atoms with Crippen molar-refractivity contribution in [2.24, 2.45) is 0 Å². The van der Waals surface area contributed by atoms with Gasteiger partial charge in [0, 0.05) is 30.2 Å². The number of carbonyl (C=O) groups is 2. The molecule has 0 spiro atoms. The number of carbonyl (C=O) groups excluding carboxylic acids is 2. The number of rotatable bonds is 4. The van der Waals surface area contributed by atoms with Crippen LogP contribution in [-0.2, 0) is 16.1 Å². The number of piperazine rings is 1. The highest BCUT2D eigenvalue weighted by molar-refractivity contribution is 7.13. The summed E-state index contributed by atoms with van der Waals surface area (Å²) in [5.74, 6) is -0.839. The summed E-state index contributed by atoms with van der Waals surface area (Å²) >= 11 is 1.50. The molecule has 1 aliphatic carbocycles. The summed E-state index contributed by atoms with van der Waals surface area (Å²) in [6.07, 6.45) is 3.69. The van der Waals surface area contributed by atoms with Crippen LogP contribution in [0.25, 0.3) is 10.7 Å². The molecule has 24 heavy (non-hydrogen) atoms. The van der Waals surface area contributed by atoms with Crippen molar-refractivity contribution in [3.05, 3.63) is 29.4 Å². The zero-order valence-electron chi connectivity index (χ0n) is 13.3. The predicted molar refractivity (Wildman–Crippen MR) is 87.9 cm³/mol. The lowest BCUT2D eigenvalue weighted by atomic mass is 10.2. The van der Waals surface area contributed by atoms with Gasteiger partial charge < -0.3 is 9.80 Å². The molecule has 1 saturated heterocycles. The lowest BCUT2D eigenvalue weighted by Crippen LogP contribution is -2.57. The van der Waals surface area contributed by atoms with Crippen LogP contribution in [0.4, 0.5) is 0 Å². The quantitative estimate of drug-likeness (QED) is 0.783. The third kappa shape index (κ3) is 2.66. The van der Waals surface area contributed by atoms with Crippen molar-refractivity contribution < 1.29 is 9.59 Å². The van der Waals surface area contributed by atoms with Gasteiger partial charge in [0.15, 0.2) is 0 Å². The number of thiazole rings is 1. The summed E-state index contributed by atoms with van der Waals surface area (Å²) < 4.78 is 0. The molecule has 8 heteroatoms. The monoisotopic (exact) mass is 343 g/mol. The van der Waals surface area contributed by atoms with Crippen LogP contribution in [0.3, 0.4) is 0 Å². The van der Waals surface area contributed by atoms with Crippen LogP contribution in [0.5, 0.6) is 0 Å². The van der Waals surface area contributed by atoms with E-state index in [-0.39, 0.29) is 5.54 Å². The average molecular weight is 343 g/mol. The summed E-state index contributed by atoms with van der Waals surface area (Å²) in [5, 5.41) is 11.0. The van der Waals surface area contributed by atoms with E-state index in [4.69, 9.17) is 0 Å². The highest BCUT2D eigenvalue weighted by Crippen LogP contribution is 2.41. The summed E-state index contributed by atoms with van der Waals surface area (Å²) in [5.41, 5.74) is 1.28. The second-order valence-electron chi connectivity index (χ2n) is 6.43. The van der Waals surface area contributed by atoms with Crippen LogP contribution >= 0.6 is 11.3 Å². The Bertz CT molecular complexity index is 770. The van der Waals surface area contributed by atoms with Crippen LogP contribution < -0.4 is 0 Å². The van der Waals surface area contributed by atoms with E-state index in [9.17, 15) is 9.59 Å². The summed E-state index contributed by atoms with van der Waals surface area (Å²) in [6, 6.07) is 3.67. The molecule has 1 aliphatic heterocycles. The molecule has 0 bridgehead atoms. The number of aromatic nitrogens is 3. The van der Waals surface area contributed by atoms with Crippen LogP contribution in [0.1, 0.15) is 25.5 Å². The lowest BCUT2D eigenvalue weighted by molar-refractivity contribution is -0.158. The number of hydrogen-bond acceptors (Lipinski definition) is 6. The van der Waals surface area contributed by atoms with E-state index >= 15 is 0 Å². The Morgan fingerprint density at radius 1 is 1.17 bits per heavy atom. The van der Waals surface area contributed by atoms with Crippen molar-refractivity contribution >= 4 is 23.2 Å². The van der Waals surface area contributed by atoms with Gasteiger partial charge in [-0.3, -0.25) is 9.59 Å². The molecule has 2 aliphatic rings.